The number of nitrogens with one attached hydrogen (secondary N) is 1. The van der Waals surface area contributed by atoms with Crippen molar-refractivity contribution in [1.29, 1.82) is 0 Å². The Hall–Kier alpha value is -0.380. The molecule has 1 saturated heterocycles. The molecule has 1 aliphatic heterocycles. The van der Waals surface area contributed by atoms with Crippen LogP contribution in [-0.2, 0) is 0 Å². The summed E-state index contributed by atoms with van der Waals surface area (Å²) in [5.41, 5.74) is 0. The van der Waals surface area contributed by atoms with Gasteiger partial charge in [0.1, 0.15) is 0 Å². The first kappa shape index (κ1) is 15.0. The van der Waals surface area contributed by atoms with Crippen LogP contribution in [0.2, 0.25) is 0 Å². The van der Waals surface area contributed by atoms with E-state index in [2.05, 4.69) is 48.5 Å². The minimum atomic E-state index is 0.602. The van der Waals surface area contributed by atoms with Gasteiger partial charge in [-0.05, 0) is 43.2 Å². The number of rotatable bonds is 7. The Balaban J connectivity index is 2.05. The molecule has 3 heteroatoms. The molecule has 0 radical (unpaired) electrons. The van der Waals surface area contributed by atoms with E-state index in [9.17, 15) is 0 Å². The van der Waals surface area contributed by atoms with Crippen LogP contribution in [0.1, 0.15) is 51.0 Å². The van der Waals surface area contributed by atoms with Gasteiger partial charge in [-0.3, -0.25) is 4.90 Å². The molecule has 2 heterocycles. The second-order valence-electron chi connectivity index (χ2n) is 6.08. The lowest BCUT2D eigenvalue weighted by atomic mass is 10.1. The van der Waals surface area contributed by atoms with Crippen molar-refractivity contribution in [3.05, 3.63) is 22.4 Å². The molecule has 1 aromatic rings. The van der Waals surface area contributed by atoms with E-state index in [1.165, 1.54) is 43.8 Å². The van der Waals surface area contributed by atoms with Gasteiger partial charge in [-0.1, -0.05) is 26.8 Å². The first-order valence-corrected chi connectivity index (χ1v) is 8.59. The van der Waals surface area contributed by atoms with E-state index in [1.807, 2.05) is 11.3 Å². The second-order valence-corrected chi connectivity index (χ2v) is 7.06. The summed E-state index contributed by atoms with van der Waals surface area (Å²) in [6.07, 6.45) is 3.89. The van der Waals surface area contributed by atoms with E-state index >= 15 is 0 Å². The fourth-order valence-corrected chi connectivity index (χ4v) is 4.06. The standard InChI is InChI=1S/C16H28N2S/c1-4-15(16-8-6-10-19-16)18(11-13(2)3)12-14-7-5-9-17-14/h6,8,10,13-15,17H,4-5,7,9,11-12H2,1-3H3. The summed E-state index contributed by atoms with van der Waals surface area (Å²) in [5, 5.41) is 5.85. The number of thiophene rings is 1. The van der Waals surface area contributed by atoms with Crippen molar-refractivity contribution in [2.24, 2.45) is 5.92 Å². The molecule has 0 spiro atoms. The van der Waals surface area contributed by atoms with Crippen LogP contribution >= 0.6 is 11.3 Å². The van der Waals surface area contributed by atoms with Crippen molar-refractivity contribution in [3.63, 3.8) is 0 Å². The number of hydrogen-bond donors (Lipinski definition) is 1. The van der Waals surface area contributed by atoms with Crippen LogP contribution in [0.15, 0.2) is 17.5 Å². The van der Waals surface area contributed by atoms with Crippen LogP contribution in [-0.4, -0.2) is 30.6 Å². The fourth-order valence-electron chi connectivity index (χ4n) is 3.11. The molecular weight excluding hydrogens is 252 g/mol. The normalized spacial score (nSPS) is 21.4. The Labute approximate surface area is 122 Å². The van der Waals surface area contributed by atoms with Crippen LogP contribution in [0.25, 0.3) is 0 Å². The fraction of sp³-hybridized carbons (Fsp3) is 0.750. The topological polar surface area (TPSA) is 15.3 Å². The van der Waals surface area contributed by atoms with Crippen LogP contribution in [0.3, 0.4) is 0 Å². The molecule has 19 heavy (non-hydrogen) atoms. The lowest BCUT2D eigenvalue weighted by Gasteiger charge is -2.34. The molecule has 2 atom stereocenters. The van der Waals surface area contributed by atoms with E-state index in [0.717, 1.165) is 5.92 Å². The third-order valence-electron chi connectivity index (χ3n) is 3.92. The maximum Gasteiger partial charge on any atom is 0.0439 e. The van der Waals surface area contributed by atoms with Gasteiger partial charge in [-0.25, -0.2) is 0 Å². The van der Waals surface area contributed by atoms with Crippen LogP contribution < -0.4 is 5.32 Å². The van der Waals surface area contributed by atoms with Crippen molar-refractivity contribution in [2.75, 3.05) is 19.6 Å². The number of nitrogens with zero attached hydrogens (tertiary/aromatic N) is 1. The molecule has 0 bridgehead atoms. The molecule has 1 aliphatic rings. The van der Waals surface area contributed by atoms with E-state index in [4.69, 9.17) is 0 Å². The first-order chi connectivity index (χ1) is 9.20. The Morgan fingerprint density at radius 3 is 2.84 bits per heavy atom. The summed E-state index contributed by atoms with van der Waals surface area (Å²) in [6.45, 7) is 10.6. The van der Waals surface area contributed by atoms with Crippen LogP contribution in [0.4, 0.5) is 0 Å². The summed E-state index contributed by atoms with van der Waals surface area (Å²) in [6, 6.07) is 5.79. The Morgan fingerprint density at radius 1 is 1.47 bits per heavy atom. The quantitative estimate of drug-likeness (QED) is 0.814. The monoisotopic (exact) mass is 280 g/mol. The van der Waals surface area contributed by atoms with Crippen molar-refractivity contribution < 1.29 is 0 Å². The molecule has 0 aliphatic carbocycles. The maximum atomic E-state index is 3.65. The van der Waals surface area contributed by atoms with Gasteiger partial charge in [0, 0.05) is 30.1 Å². The Bertz CT molecular complexity index is 342. The summed E-state index contributed by atoms with van der Waals surface area (Å²) < 4.78 is 0. The first-order valence-electron chi connectivity index (χ1n) is 7.71. The predicted octanol–water partition coefficient (Wildman–Crippen LogP) is 3.91. The Kier molecular flexibility index (Phi) is 5.86. The van der Waals surface area contributed by atoms with Gasteiger partial charge < -0.3 is 5.32 Å². The molecule has 1 fully saturated rings. The lowest BCUT2D eigenvalue weighted by molar-refractivity contribution is 0.159. The van der Waals surface area contributed by atoms with Crippen LogP contribution in [0.5, 0.6) is 0 Å². The second kappa shape index (κ2) is 7.41. The highest BCUT2D eigenvalue weighted by Gasteiger charge is 2.25. The van der Waals surface area contributed by atoms with Gasteiger partial charge in [-0.15, -0.1) is 11.3 Å². The SMILES string of the molecule is CCC(c1cccs1)N(CC(C)C)CC1CCCN1. The highest BCUT2D eigenvalue weighted by atomic mass is 32.1. The van der Waals surface area contributed by atoms with Gasteiger partial charge in [0.25, 0.3) is 0 Å². The average Bonchev–Trinajstić information content (AvgIpc) is 3.01. The minimum absolute atomic E-state index is 0.602. The molecule has 1 aromatic heterocycles. The zero-order chi connectivity index (χ0) is 13.7. The molecule has 2 rings (SSSR count). The van der Waals surface area contributed by atoms with Gasteiger partial charge in [-0.2, -0.15) is 0 Å². The summed E-state index contributed by atoms with van der Waals surface area (Å²) in [4.78, 5) is 4.24. The van der Waals surface area contributed by atoms with Crippen LogP contribution in [0, 0.1) is 5.92 Å². The van der Waals surface area contributed by atoms with Crippen molar-refractivity contribution in [1.82, 2.24) is 10.2 Å². The summed E-state index contributed by atoms with van der Waals surface area (Å²) >= 11 is 1.91. The zero-order valence-electron chi connectivity index (χ0n) is 12.6. The molecule has 0 saturated carbocycles. The summed E-state index contributed by atoms with van der Waals surface area (Å²) in [7, 11) is 0. The minimum Gasteiger partial charge on any atom is -0.313 e. The van der Waals surface area contributed by atoms with E-state index in [0.29, 0.717) is 12.1 Å². The average molecular weight is 280 g/mol. The maximum absolute atomic E-state index is 3.65. The smallest absolute Gasteiger partial charge is 0.0439 e. The highest BCUT2D eigenvalue weighted by Crippen LogP contribution is 2.29. The van der Waals surface area contributed by atoms with E-state index < -0.39 is 0 Å². The molecule has 1 N–H and O–H groups in total. The highest BCUT2D eigenvalue weighted by molar-refractivity contribution is 7.10. The van der Waals surface area contributed by atoms with E-state index in [-0.39, 0.29) is 0 Å². The molecular formula is C16H28N2S. The van der Waals surface area contributed by atoms with Gasteiger partial charge in [0.15, 0.2) is 0 Å². The summed E-state index contributed by atoms with van der Waals surface area (Å²) in [5.74, 6) is 0.732. The van der Waals surface area contributed by atoms with Crippen molar-refractivity contribution in [2.45, 2.75) is 52.1 Å². The van der Waals surface area contributed by atoms with Crippen molar-refractivity contribution in [3.8, 4) is 0 Å². The molecule has 2 unspecified atom stereocenters. The van der Waals surface area contributed by atoms with E-state index in [1.54, 1.807) is 0 Å². The molecule has 0 aromatic carbocycles. The third-order valence-corrected chi connectivity index (χ3v) is 4.89. The third kappa shape index (κ3) is 4.30. The lowest BCUT2D eigenvalue weighted by Crippen LogP contribution is -2.41. The number of hydrogen-bond acceptors (Lipinski definition) is 3. The van der Waals surface area contributed by atoms with Crippen molar-refractivity contribution >= 4 is 11.3 Å². The predicted molar refractivity (Wildman–Crippen MR) is 84.8 cm³/mol. The van der Waals surface area contributed by atoms with Gasteiger partial charge >= 0.3 is 0 Å². The van der Waals surface area contributed by atoms with Gasteiger partial charge in [0.05, 0.1) is 0 Å². The Morgan fingerprint density at radius 2 is 2.32 bits per heavy atom. The molecule has 108 valence electrons. The molecule has 2 nitrogen and oxygen atoms in total. The molecule has 0 amide bonds. The van der Waals surface area contributed by atoms with Gasteiger partial charge in [0.2, 0.25) is 0 Å². The largest absolute Gasteiger partial charge is 0.313 e. The zero-order valence-corrected chi connectivity index (χ0v) is 13.4.